The van der Waals surface area contributed by atoms with Crippen molar-refractivity contribution < 1.29 is 9.53 Å². The molecule has 0 amide bonds. The van der Waals surface area contributed by atoms with Crippen LogP contribution in [-0.2, 0) is 9.53 Å². The van der Waals surface area contributed by atoms with Gasteiger partial charge in [0, 0.05) is 6.42 Å². The van der Waals surface area contributed by atoms with Crippen LogP contribution in [0.5, 0.6) is 0 Å². The quantitative estimate of drug-likeness (QED) is 0.417. The van der Waals surface area contributed by atoms with Crippen LogP contribution in [0.1, 0.15) is 19.8 Å². The lowest BCUT2D eigenvalue weighted by atomic mass is 10.5. The van der Waals surface area contributed by atoms with Crippen molar-refractivity contribution in [2.75, 3.05) is 6.61 Å². The summed E-state index contributed by atoms with van der Waals surface area (Å²) in [5, 5.41) is 8.01. The minimum absolute atomic E-state index is 0.225. The molecule has 0 saturated heterocycles. The Morgan fingerprint density at radius 1 is 1.78 bits per heavy atom. The van der Waals surface area contributed by atoms with E-state index < -0.39 is 0 Å². The predicted molar refractivity (Wildman–Crippen MR) is 31.5 cm³/mol. The van der Waals surface area contributed by atoms with E-state index in [1.54, 1.807) is 6.92 Å². The van der Waals surface area contributed by atoms with Crippen LogP contribution in [0.25, 0.3) is 0 Å². The van der Waals surface area contributed by atoms with E-state index in [0.29, 0.717) is 6.42 Å². The summed E-state index contributed by atoms with van der Waals surface area (Å²) >= 11 is 0. The molecule has 0 radical (unpaired) electrons. The standard InChI is InChI=1S/C6H9NO2/c1-2-6(8)9-5-3-4-7/h2-3,5H2,1H3. The summed E-state index contributed by atoms with van der Waals surface area (Å²) in [4.78, 5) is 10.4. The van der Waals surface area contributed by atoms with Crippen LogP contribution in [0.2, 0.25) is 0 Å². The van der Waals surface area contributed by atoms with E-state index in [4.69, 9.17) is 5.26 Å². The van der Waals surface area contributed by atoms with Gasteiger partial charge >= 0.3 is 5.97 Å². The normalized spacial score (nSPS) is 8.00. The summed E-state index contributed by atoms with van der Waals surface area (Å²) < 4.78 is 4.57. The van der Waals surface area contributed by atoms with E-state index in [1.807, 2.05) is 6.07 Å². The Labute approximate surface area is 54.2 Å². The van der Waals surface area contributed by atoms with Gasteiger partial charge in [-0.1, -0.05) is 6.92 Å². The fourth-order valence-corrected chi connectivity index (χ4v) is 0.313. The van der Waals surface area contributed by atoms with Crippen LogP contribution < -0.4 is 0 Å². The second-order valence-corrected chi connectivity index (χ2v) is 1.48. The van der Waals surface area contributed by atoms with Gasteiger partial charge in [-0.15, -0.1) is 0 Å². The molecule has 50 valence electrons. The maximum Gasteiger partial charge on any atom is 0.305 e. The zero-order valence-electron chi connectivity index (χ0n) is 5.39. The van der Waals surface area contributed by atoms with Crippen LogP contribution in [0.15, 0.2) is 0 Å². The molecule has 3 heteroatoms. The topological polar surface area (TPSA) is 50.1 Å². The number of hydrogen-bond donors (Lipinski definition) is 0. The highest BCUT2D eigenvalue weighted by atomic mass is 16.5. The van der Waals surface area contributed by atoms with Gasteiger partial charge in [-0.25, -0.2) is 0 Å². The predicted octanol–water partition coefficient (Wildman–Crippen LogP) is 0.853. The number of esters is 1. The molecular formula is C6H9NO2. The van der Waals surface area contributed by atoms with E-state index in [2.05, 4.69) is 4.74 Å². The number of carbonyl (C=O) groups excluding carboxylic acids is 1. The van der Waals surface area contributed by atoms with E-state index in [0.717, 1.165) is 0 Å². The van der Waals surface area contributed by atoms with Crippen LogP contribution in [0.4, 0.5) is 0 Å². The Morgan fingerprint density at radius 3 is 2.89 bits per heavy atom. The summed E-state index contributed by atoms with van der Waals surface area (Å²) in [6.07, 6.45) is 0.664. The number of nitriles is 1. The third-order valence-corrected chi connectivity index (χ3v) is 0.766. The maximum atomic E-state index is 10.4. The average molecular weight is 127 g/mol. The molecule has 0 bridgehead atoms. The summed E-state index contributed by atoms with van der Waals surface area (Å²) in [6.45, 7) is 1.94. The van der Waals surface area contributed by atoms with E-state index in [1.165, 1.54) is 0 Å². The largest absolute Gasteiger partial charge is 0.465 e. The van der Waals surface area contributed by atoms with Gasteiger partial charge in [-0.3, -0.25) is 4.79 Å². The molecule has 0 fully saturated rings. The molecule has 0 unspecified atom stereocenters. The van der Waals surface area contributed by atoms with Gasteiger partial charge in [0.2, 0.25) is 0 Å². The molecule has 0 aromatic rings. The van der Waals surface area contributed by atoms with Crippen molar-refractivity contribution in [2.45, 2.75) is 19.8 Å². The first-order valence-electron chi connectivity index (χ1n) is 2.83. The molecule has 0 rings (SSSR count). The van der Waals surface area contributed by atoms with Crippen LogP contribution in [0, 0.1) is 11.3 Å². The van der Waals surface area contributed by atoms with Crippen molar-refractivity contribution in [1.82, 2.24) is 0 Å². The minimum Gasteiger partial charge on any atom is -0.465 e. The monoisotopic (exact) mass is 127 g/mol. The molecule has 0 saturated carbocycles. The highest BCUT2D eigenvalue weighted by Crippen LogP contribution is 1.85. The third kappa shape index (κ3) is 4.82. The van der Waals surface area contributed by atoms with Crippen molar-refractivity contribution in [3.8, 4) is 6.07 Å². The summed E-state index contributed by atoms with van der Waals surface area (Å²) in [6, 6.07) is 1.87. The lowest BCUT2D eigenvalue weighted by molar-refractivity contribution is -0.143. The Balaban J connectivity index is 3.09. The lowest BCUT2D eigenvalue weighted by Gasteiger charge is -1.96. The van der Waals surface area contributed by atoms with Crippen molar-refractivity contribution in [3.05, 3.63) is 0 Å². The van der Waals surface area contributed by atoms with E-state index >= 15 is 0 Å². The fourth-order valence-electron chi connectivity index (χ4n) is 0.313. The molecule has 0 spiro atoms. The van der Waals surface area contributed by atoms with Gasteiger partial charge in [0.25, 0.3) is 0 Å². The fraction of sp³-hybridized carbons (Fsp3) is 0.667. The van der Waals surface area contributed by atoms with Crippen molar-refractivity contribution >= 4 is 5.97 Å². The first kappa shape index (κ1) is 7.96. The van der Waals surface area contributed by atoms with E-state index in [-0.39, 0.29) is 19.0 Å². The first-order chi connectivity index (χ1) is 4.31. The summed E-state index contributed by atoms with van der Waals surface area (Å²) in [5.74, 6) is -0.245. The first-order valence-corrected chi connectivity index (χ1v) is 2.83. The number of rotatable bonds is 3. The molecule has 0 aromatic heterocycles. The molecule has 0 heterocycles. The van der Waals surface area contributed by atoms with Gasteiger partial charge in [-0.05, 0) is 0 Å². The second kappa shape index (κ2) is 5.10. The summed E-state index contributed by atoms with van der Waals surface area (Å²) in [5.41, 5.74) is 0. The van der Waals surface area contributed by atoms with E-state index in [9.17, 15) is 4.79 Å². The molecule has 0 aliphatic rings. The van der Waals surface area contributed by atoms with Crippen molar-refractivity contribution in [3.63, 3.8) is 0 Å². The number of ether oxygens (including phenoxy) is 1. The Hall–Kier alpha value is -1.04. The highest BCUT2D eigenvalue weighted by molar-refractivity contribution is 5.68. The van der Waals surface area contributed by atoms with Crippen LogP contribution in [-0.4, -0.2) is 12.6 Å². The molecule has 9 heavy (non-hydrogen) atoms. The zero-order valence-corrected chi connectivity index (χ0v) is 5.39. The molecule has 0 aliphatic carbocycles. The number of hydrogen-bond acceptors (Lipinski definition) is 3. The van der Waals surface area contributed by atoms with Gasteiger partial charge in [0.15, 0.2) is 0 Å². The third-order valence-electron chi connectivity index (χ3n) is 0.766. The summed E-state index contributed by atoms with van der Waals surface area (Å²) in [7, 11) is 0. The van der Waals surface area contributed by atoms with Gasteiger partial charge in [-0.2, -0.15) is 5.26 Å². The highest BCUT2D eigenvalue weighted by Gasteiger charge is 1.94. The van der Waals surface area contributed by atoms with Gasteiger partial charge in [0.1, 0.15) is 6.61 Å². The SMILES string of the molecule is CCC(=O)OCCC#N. The Morgan fingerprint density at radius 2 is 2.44 bits per heavy atom. The van der Waals surface area contributed by atoms with Crippen LogP contribution >= 0.6 is 0 Å². The molecule has 3 nitrogen and oxygen atoms in total. The smallest absolute Gasteiger partial charge is 0.305 e. The molecule has 0 atom stereocenters. The van der Waals surface area contributed by atoms with Crippen LogP contribution in [0.3, 0.4) is 0 Å². The van der Waals surface area contributed by atoms with Gasteiger partial charge in [0.05, 0.1) is 12.5 Å². The average Bonchev–Trinajstić information content (AvgIpc) is 1.89. The molecular weight excluding hydrogens is 118 g/mol. The Bertz CT molecular complexity index is 126. The molecule has 0 N–H and O–H groups in total. The Kier molecular flexibility index (Phi) is 4.51. The maximum absolute atomic E-state index is 10.4. The zero-order chi connectivity index (χ0) is 7.11. The lowest BCUT2D eigenvalue weighted by Crippen LogP contribution is -2.02. The second-order valence-electron chi connectivity index (χ2n) is 1.48. The number of carbonyl (C=O) groups is 1. The molecule has 0 aromatic carbocycles. The van der Waals surface area contributed by atoms with Crippen molar-refractivity contribution in [1.29, 1.82) is 5.26 Å². The number of nitrogens with zero attached hydrogens (tertiary/aromatic N) is 1. The minimum atomic E-state index is -0.245. The molecule has 0 aliphatic heterocycles. The van der Waals surface area contributed by atoms with Crippen molar-refractivity contribution in [2.24, 2.45) is 0 Å². The van der Waals surface area contributed by atoms with Gasteiger partial charge < -0.3 is 4.74 Å².